The first-order chi connectivity index (χ1) is 12.5. The van der Waals surface area contributed by atoms with E-state index in [-0.39, 0.29) is 24.1 Å². The molecule has 1 amide bonds. The largest absolute Gasteiger partial charge is 0.359 e. The lowest BCUT2D eigenvalue weighted by Crippen LogP contribution is -2.37. The van der Waals surface area contributed by atoms with E-state index in [1.807, 2.05) is 38.1 Å². The first kappa shape index (κ1) is 16.5. The molecule has 134 valence electrons. The molecule has 2 aromatic heterocycles. The van der Waals surface area contributed by atoms with Crippen molar-refractivity contribution >= 4 is 16.7 Å². The fraction of sp³-hybridized carbons (Fsp3) is 0.368. The van der Waals surface area contributed by atoms with E-state index in [4.69, 9.17) is 4.52 Å². The molecule has 1 saturated heterocycles. The second-order valence-electron chi connectivity index (χ2n) is 6.71. The zero-order valence-corrected chi connectivity index (χ0v) is 14.8. The van der Waals surface area contributed by atoms with Crippen LogP contribution in [0, 0.1) is 13.8 Å². The standard InChI is InChI=1S/C19H20N4O3/c1-12-10-17(26-21-12)16-8-5-9-22(16)18(24)11-23-19(25)15-7-4-3-6-14(15)13(2)20-23/h3-4,6-7,10,16H,5,8-9,11H2,1-2H3/t16-/m0/s1. The molecular weight excluding hydrogens is 332 g/mol. The van der Waals surface area contributed by atoms with E-state index in [0.717, 1.165) is 29.6 Å². The Hall–Kier alpha value is -2.96. The molecule has 4 rings (SSSR count). The summed E-state index contributed by atoms with van der Waals surface area (Å²) in [5, 5.41) is 9.65. The van der Waals surface area contributed by atoms with E-state index in [2.05, 4.69) is 10.3 Å². The second-order valence-corrected chi connectivity index (χ2v) is 6.71. The van der Waals surface area contributed by atoms with Crippen LogP contribution < -0.4 is 5.56 Å². The molecule has 1 aliphatic heterocycles. The average Bonchev–Trinajstić information content (AvgIpc) is 3.28. The number of benzene rings is 1. The summed E-state index contributed by atoms with van der Waals surface area (Å²) in [5.74, 6) is 0.564. The van der Waals surface area contributed by atoms with E-state index >= 15 is 0 Å². The van der Waals surface area contributed by atoms with Crippen molar-refractivity contribution < 1.29 is 9.32 Å². The van der Waals surface area contributed by atoms with E-state index in [1.165, 1.54) is 4.68 Å². The second kappa shape index (κ2) is 6.40. The molecule has 0 saturated carbocycles. The normalized spacial score (nSPS) is 17.2. The molecule has 1 aliphatic rings. The maximum atomic E-state index is 12.9. The van der Waals surface area contributed by atoms with Gasteiger partial charge in [0.25, 0.3) is 5.56 Å². The molecule has 3 heterocycles. The van der Waals surface area contributed by atoms with Gasteiger partial charge < -0.3 is 9.42 Å². The molecule has 26 heavy (non-hydrogen) atoms. The average molecular weight is 352 g/mol. The minimum atomic E-state index is -0.245. The number of fused-ring (bicyclic) bond motifs is 1. The number of hydrogen-bond donors (Lipinski definition) is 0. The topological polar surface area (TPSA) is 81.2 Å². The number of likely N-dealkylation sites (tertiary alicyclic amines) is 1. The number of rotatable bonds is 3. The summed E-state index contributed by atoms with van der Waals surface area (Å²) in [6, 6.07) is 9.07. The molecule has 0 bridgehead atoms. The number of amides is 1. The molecule has 1 atom stereocenters. The van der Waals surface area contributed by atoms with Crippen molar-refractivity contribution in [2.75, 3.05) is 6.54 Å². The Morgan fingerprint density at radius 1 is 1.27 bits per heavy atom. The maximum absolute atomic E-state index is 12.9. The first-order valence-electron chi connectivity index (χ1n) is 8.74. The van der Waals surface area contributed by atoms with Gasteiger partial charge in [-0.25, -0.2) is 4.68 Å². The third kappa shape index (κ3) is 2.79. The SMILES string of the molecule is Cc1cc([C@@H]2CCCN2C(=O)Cn2nc(C)c3ccccc3c2=O)on1. The van der Waals surface area contributed by atoms with Crippen LogP contribution in [0.5, 0.6) is 0 Å². The molecule has 0 N–H and O–H groups in total. The Morgan fingerprint density at radius 2 is 2.04 bits per heavy atom. The van der Waals surface area contributed by atoms with Crippen LogP contribution in [0.25, 0.3) is 10.8 Å². The molecule has 0 radical (unpaired) electrons. The van der Waals surface area contributed by atoms with Gasteiger partial charge in [-0.3, -0.25) is 9.59 Å². The lowest BCUT2D eigenvalue weighted by molar-refractivity contribution is -0.133. The highest BCUT2D eigenvalue weighted by atomic mass is 16.5. The number of aromatic nitrogens is 3. The van der Waals surface area contributed by atoms with Gasteiger partial charge in [0.05, 0.1) is 22.8 Å². The number of hydrogen-bond acceptors (Lipinski definition) is 5. The number of aryl methyl sites for hydroxylation is 2. The maximum Gasteiger partial charge on any atom is 0.275 e. The Labute approximate surface area is 150 Å². The van der Waals surface area contributed by atoms with Gasteiger partial charge in [0.15, 0.2) is 5.76 Å². The Kier molecular flexibility index (Phi) is 4.06. The van der Waals surface area contributed by atoms with Crippen molar-refractivity contribution in [1.82, 2.24) is 19.8 Å². The molecule has 3 aromatic rings. The summed E-state index contributed by atoms with van der Waals surface area (Å²) in [6.07, 6.45) is 1.73. The molecule has 7 heteroatoms. The van der Waals surface area contributed by atoms with Crippen molar-refractivity contribution in [3.63, 3.8) is 0 Å². The predicted molar refractivity (Wildman–Crippen MR) is 95.7 cm³/mol. The lowest BCUT2D eigenvalue weighted by atomic mass is 10.1. The van der Waals surface area contributed by atoms with Crippen LogP contribution in [0.3, 0.4) is 0 Å². The molecule has 0 aliphatic carbocycles. The van der Waals surface area contributed by atoms with Gasteiger partial charge in [-0.1, -0.05) is 23.4 Å². The third-order valence-corrected chi connectivity index (χ3v) is 4.89. The first-order valence-corrected chi connectivity index (χ1v) is 8.74. The number of carbonyl (C=O) groups excluding carboxylic acids is 1. The van der Waals surface area contributed by atoms with E-state index < -0.39 is 0 Å². The quantitative estimate of drug-likeness (QED) is 0.723. The smallest absolute Gasteiger partial charge is 0.275 e. The van der Waals surface area contributed by atoms with Crippen LogP contribution in [-0.4, -0.2) is 32.3 Å². The minimum Gasteiger partial charge on any atom is -0.359 e. The third-order valence-electron chi connectivity index (χ3n) is 4.89. The van der Waals surface area contributed by atoms with Crippen LogP contribution in [0.15, 0.2) is 39.6 Å². The van der Waals surface area contributed by atoms with Gasteiger partial charge in [0.2, 0.25) is 5.91 Å². The summed E-state index contributed by atoms with van der Waals surface area (Å²) in [7, 11) is 0. The van der Waals surface area contributed by atoms with Crippen molar-refractivity contribution in [3.05, 3.63) is 57.8 Å². The predicted octanol–water partition coefficient (Wildman–Crippen LogP) is 2.37. The molecule has 0 unspecified atom stereocenters. The van der Waals surface area contributed by atoms with Gasteiger partial charge in [-0.2, -0.15) is 5.10 Å². The fourth-order valence-corrected chi connectivity index (χ4v) is 3.63. The number of nitrogens with zero attached hydrogens (tertiary/aromatic N) is 4. The van der Waals surface area contributed by atoms with E-state index in [9.17, 15) is 9.59 Å². The highest BCUT2D eigenvalue weighted by Gasteiger charge is 2.33. The van der Waals surface area contributed by atoms with Gasteiger partial charge in [0.1, 0.15) is 6.54 Å². The Bertz CT molecular complexity index is 1040. The van der Waals surface area contributed by atoms with Crippen molar-refractivity contribution in [2.24, 2.45) is 0 Å². The fourth-order valence-electron chi connectivity index (χ4n) is 3.63. The number of carbonyl (C=O) groups is 1. The van der Waals surface area contributed by atoms with Gasteiger partial charge >= 0.3 is 0 Å². The highest BCUT2D eigenvalue weighted by Crippen LogP contribution is 2.32. The zero-order valence-electron chi connectivity index (χ0n) is 14.8. The highest BCUT2D eigenvalue weighted by molar-refractivity contribution is 5.83. The van der Waals surface area contributed by atoms with Gasteiger partial charge in [-0.15, -0.1) is 0 Å². The van der Waals surface area contributed by atoms with Crippen LogP contribution in [-0.2, 0) is 11.3 Å². The molecule has 0 spiro atoms. The van der Waals surface area contributed by atoms with Gasteiger partial charge in [-0.05, 0) is 32.8 Å². The molecular formula is C19H20N4O3. The lowest BCUT2D eigenvalue weighted by Gasteiger charge is -2.23. The Morgan fingerprint density at radius 3 is 2.77 bits per heavy atom. The summed E-state index contributed by atoms with van der Waals surface area (Å²) >= 11 is 0. The summed E-state index contributed by atoms with van der Waals surface area (Å²) in [5.41, 5.74) is 1.28. The van der Waals surface area contributed by atoms with Crippen LogP contribution in [0.4, 0.5) is 0 Å². The molecule has 7 nitrogen and oxygen atoms in total. The van der Waals surface area contributed by atoms with Crippen molar-refractivity contribution in [3.8, 4) is 0 Å². The molecule has 1 fully saturated rings. The van der Waals surface area contributed by atoms with Crippen LogP contribution in [0.2, 0.25) is 0 Å². The van der Waals surface area contributed by atoms with Crippen molar-refractivity contribution in [1.29, 1.82) is 0 Å². The summed E-state index contributed by atoms with van der Waals surface area (Å²) < 4.78 is 6.62. The van der Waals surface area contributed by atoms with Crippen molar-refractivity contribution in [2.45, 2.75) is 39.3 Å². The minimum absolute atomic E-state index is 0.0753. The van der Waals surface area contributed by atoms with E-state index in [1.54, 1.807) is 11.0 Å². The monoisotopic (exact) mass is 352 g/mol. The van der Waals surface area contributed by atoms with E-state index in [0.29, 0.717) is 17.7 Å². The summed E-state index contributed by atoms with van der Waals surface area (Å²) in [4.78, 5) is 27.3. The summed E-state index contributed by atoms with van der Waals surface area (Å²) in [6.45, 7) is 4.27. The van der Waals surface area contributed by atoms with Crippen LogP contribution >= 0.6 is 0 Å². The molecule has 1 aromatic carbocycles. The van der Waals surface area contributed by atoms with Gasteiger partial charge in [0, 0.05) is 18.0 Å². The Balaban J connectivity index is 1.63. The zero-order chi connectivity index (χ0) is 18.3. The van der Waals surface area contributed by atoms with Crippen LogP contribution in [0.1, 0.15) is 36.0 Å².